The smallest absolute Gasteiger partial charge is 0.331 e. The summed E-state index contributed by atoms with van der Waals surface area (Å²) < 4.78 is 16.6. The summed E-state index contributed by atoms with van der Waals surface area (Å²) in [6, 6.07) is 0. The van der Waals surface area contributed by atoms with Crippen LogP contribution in [0.15, 0.2) is 23.3 Å². The molecule has 6 atom stereocenters. The molecule has 110 valence electrons. The van der Waals surface area contributed by atoms with Crippen LogP contribution in [0.4, 0.5) is 0 Å². The van der Waals surface area contributed by atoms with Crippen molar-refractivity contribution in [3.05, 3.63) is 23.3 Å². The highest BCUT2D eigenvalue weighted by Crippen LogP contribution is 2.68. The van der Waals surface area contributed by atoms with Gasteiger partial charge in [0, 0.05) is 17.4 Å². The number of carbonyl (C=O) groups is 2. The van der Waals surface area contributed by atoms with E-state index in [4.69, 9.17) is 14.2 Å². The largest absolute Gasteiger partial charge is 0.458 e. The zero-order valence-electron chi connectivity index (χ0n) is 11.9. The highest BCUT2D eigenvalue weighted by molar-refractivity contribution is 5.87. The van der Waals surface area contributed by atoms with Gasteiger partial charge in [0.05, 0.1) is 17.6 Å². The molecule has 3 heterocycles. The molecule has 0 radical (unpaired) electrons. The third-order valence-electron chi connectivity index (χ3n) is 6.09. The van der Waals surface area contributed by atoms with E-state index < -0.39 is 5.41 Å². The van der Waals surface area contributed by atoms with Crippen molar-refractivity contribution in [2.45, 2.75) is 38.6 Å². The minimum absolute atomic E-state index is 0.0298. The molecule has 2 saturated heterocycles. The fraction of sp³-hybridized carbons (Fsp3) is 0.625. The summed E-state index contributed by atoms with van der Waals surface area (Å²) in [6.45, 7) is 4.36. The van der Waals surface area contributed by atoms with Gasteiger partial charge in [-0.1, -0.05) is 6.92 Å². The van der Waals surface area contributed by atoms with Crippen molar-refractivity contribution < 1.29 is 23.8 Å². The van der Waals surface area contributed by atoms with Crippen LogP contribution < -0.4 is 0 Å². The topological polar surface area (TPSA) is 65.1 Å². The fourth-order valence-corrected chi connectivity index (χ4v) is 5.22. The molecule has 0 aromatic rings. The van der Waals surface area contributed by atoms with Gasteiger partial charge >= 0.3 is 11.9 Å². The van der Waals surface area contributed by atoms with Crippen molar-refractivity contribution in [2.24, 2.45) is 16.7 Å². The Morgan fingerprint density at radius 3 is 2.90 bits per heavy atom. The summed E-state index contributed by atoms with van der Waals surface area (Å²) in [5, 5.41) is 0. The molecule has 0 spiro atoms. The van der Waals surface area contributed by atoms with Crippen molar-refractivity contribution in [3.63, 3.8) is 0 Å². The second-order valence-electron chi connectivity index (χ2n) is 7.20. The summed E-state index contributed by atoms with van der Waals surface area (Å²) >= 11 is 0. The molecule has 0 amide bonds. The molecule has 5 rings (SSSR count). The van der Waals surface area contributed by atoms with Crippen LogP contribution in [-0.2, 0) is 23.8 Å². The van der Waals surface area contributed by atoms with E-state index in [0.29, 0.717) is 6.42 Å². The number of epoxide rings is 1. The number of hydrogen-bond donors (Lipinski definition) is 0. The SMILES string of the molecule is C[C@]12C3=CC(=O)OCC3=C[C@H]3OC(=O)[C@@](C)(C[C@H]4O[C@H]41)[C@H]32. The first-order chi connectivity index (χ1) is 9.94. The average molecular weight is 288 g/mol. The van der Waals surface area contributed by atoms with Crippen molar-refractivity contribution in [3.8, 4) is 0 Å². The van der Waals surface area contributed by atoms with Gasteiger partial charge in [0.1, 0.15) is 12.7 Å². The van der Waals surface area contributed by atoms with Crippen LogP contribution in [0.5, 0.6) is 0 Å². The Labute approximate surface area is 121 Å². The summed E-state index contributed by atoms with van der Waals surface area (Å²) in [4.78, 5) is 24.1. The molecule has 0 N–H and O–H groups in total. The standard InChI is InChI=1S/C16H16O5/c1-15-5-10-13(20-10)16(2)8-4-11(17)19-6-7(8)3-9(12(15)16)21-14(15)18/h3-4,9-10,12-13H,5-6H2,1-2H3/t9-,10-,12+,13-,15+,16-/m1/s1. The van der Waals surface area contributed by atoms with E-state index >= 15 is 0 Å². The summed E-state index contributed by atoms with van der Waals surface area (Å²) in [5.41, 5.74) is 1.07. The van der Waals surface area contributed by atoms with Crippen LogP contribution in [-0.4, -0.2) is 36.9 Å². The zero-order valence-corrected chi connectivity index (χ0v) is 11.9. The Balaban J connectivity index is 1.77. The van der Waals surface area contributed by atoms with Crippen LogP contribution in [0.3, 0.4) is 0 Å². The lowest BCUT2D eigenvalue weighted by atomic mass is 9.50. The van der Waals surface area contributed by atoms with Crippen molar-refractivity contribution in [1.29, 1.82) is 0 Å². The van der Waals surface area contributed by atoms with Gasteiger partial charge in [-0.05, 0) is 30.6 Å². The Kier molecular flexibility index (Phi) is 1.85. The van der Waals surface area contributed by atoms with Crippen LogP contribution in [0.2, 0.25) is 0 Å². The Bertz CT molecular complexity index is 662. The monoisotopic (exact) mass is 288 g/mol. The Morgan fingerprint density at radius 2 is 2.10 bits per heavy atom. The van der Waals surface area contributed by atoms with Gasteiger partial charge in [0.15, 0.2) is 0 Å². The first kappa shape index (κ1) is 12.0. The van der Waals surface area contributed by atoms with Gasteiger partial charge in [0.25, 0.3) is 0 Å². The van der Waals surface area contributed by atoms with Crippen molar-refractivity contribution in [2.75, 3.05) is 6.61 Å². The number of cyclic esters (lactones) is 1. The Hall–Kier alpha value is -1.62. The van der Waals surface area contributed by atoms with E-state index in [1.54, 1.807) is 6.08 Å². The maximum atomic E-state index is 12.4. The van der Waals surface area contributed by atoms with E-state index in [9.17, 15) is 9.59 Å². The average Bonchev–Trinajstić information content (AvgIpc) is 3.14. The quantitative estimate of drug-likeness (QED) is 0.494. The summed E-state index contributed by atoms with van der Waals surface area (Å²) in [7, 11) is 0. The molecule has 21 heavy (non-hydrogen) atoms. The van der Waals surface area contributed by atoms with Gasteiger partial charge in [-0.2, -0.15) is 0 Å². The molecule has 1 saturated carbocycles. The van der Waals surface area contributed by atoms with Crippen LogP contribution >= 0.6 is 0 Å². The van der Waals surface area contributed by atoms with Gasteiger partial charge < -0.3 is 14.2 Å². The lowest BCUT2D eigenvalue weighted by molar-refractivity contribution is -0.148. The van der Waals surface area contributed by atoms with E-state index in [1.165, 1.54) is 0 Å². The molecule has 0 aromatic carbocycles. The van der Waals surface area contributed by atoms with Crippen LogP contribution in [0.1, 0.15) is 20.3 Å². The molecular weight excluding hydrogens is 272 g/mol. The molecule has 3 fully saturated rings. The molecule has 5 aliphatic rings. The molecule has 3 aliphatic heterocycles. The number of ether oxygens (including phenoxy) is 3. The molecule has 0 bridgehead atoms. The highest BCUT2D eigenvalue weighted by Gasteiger charge is 2.74. The van der Waals surface area contributed by atoms with E-state index in [1.807, 2.05) is 13.0 Å². The number of esters is 2. The van der Waals surface area contributed by atoms with Gasteiger partial charge in [-0.25, -0.2) is 4.79 Å². The summed E-state index contributed by atoms with van der Waals surface area (Å²) in [5.74, 6) is -0.417. The minimum atomic E-state index is -0.526. The fourth-order valence-electron chi connectivity index (χ4n) is 5.22. The maximum Gasteiger partial charge on any atom is 0.331 e. The molecule has 0 aromatic heterocycles. The molecular formula is C16H16O5. The molecule has 5 heteroatoms. The third kappa shape index (κ3) is 1.19. The van der Waals surface area contributed by atoms with Gasteiger partial charge in [-0.3, -0.25) is 4.79 Å². The Morgan fingerprint density at radius 1 is 1.29 bits per heavy atom. The van der Waals surface area contributed by atoms with Crippen LogP contribution in [0, 0.1) is 16.7 Å². The first-order valence-electron chi connectivity index (χ1n) is 7.41. The van der Waals surface area contributed by atoms with E-state index in [2.05, 4.69) is 6.92 Å². The van der Waals surface area contributed by atoms with Crippen molar-refractivity contribution >= 4 is 11.9 Å². The summed E-state index contributed by atoms with van der Waals surface area (Å²) in [6.07, 6.45) is 4.21. The van der Waals surface area contributed by atoms with Crippen LogP contribution in [0.25, 0.3) is 0 Å². The second-order valence-corrected chi connectivity index (χ2v) is 7.20. The van der Waals surface area contributed by atoms with E-state index in [0.717, 1.165) is 11.1 Å². The van der Waals surface area contributed by atoms with Gasteiger partial charge in [0.2, 0.25) is 0 Å². The minimum Gasteiger partial charge on any atom is -0.458 e. The lowest BCUT2D eigenvalue weighted by Crippen LogP contribution is -2.54. The molecule has 2 aliphatic carbocycles. The first-order valence-corrected chi connectivity index (χ1v) is 7.41. The maximum absolute atomic E-state index is 12.4. The van der Waals surface area contributed by atoms with Gasteiger partial charge in [-0.15, -0.1) is 0 Å². The molecule has 5 nitrogen and oxygen atoms in total. The normalized spacial score (nSPS) is 52.7. The second kappa shape index (κ2) is 3.24. The number of hydrogen-bond acceptors (Lipinski definition) is 5. The predicted molar refractivity (Wildman–Crippen MR) is 70.0 cm³/mol. The lowest BCUT2D eigenvalue weighted by Gasteiger charge is -2.49. The zero-order chi connectivity index (χ0) is 14.6. The number of carbonyl (C=O) groups excluding carboxylic acids is 2. The van der Waals surface area contributed by atoms with E-state index in [-0.39, 0.29) is 48.2 Å². The molecule has 0 unspecified atom stereocenters. The highest BCUT2D eigenvalue weighted by atomic mass is 16.6. The third-order valence-corrected chi connectivity index (χ3v) is 6.09. The number of fused-ring (bicyclic) bond motifs is 4. The predicted octanol–water partition coefficient (Wildman–Crippen LogP) is 1.13. The van der Waals surface area contributed by atoms with Crippen molar-refractivity contribution in [1.82, 2.24) is 0 Å². The number of rotatable bonds is 0.